The number of ether oxygens (including phenoxy) is 2. The van der Waals surface area contributed by atoms with Gasteiger partial charge in [-0.25, -0.2) is 0 Å². The molecule has 3 rings (SSSR count). The molecule has 0 aromatic heterocycles. The minimum Gasteiger partial charge on any atom is -0.493 e. The van der Waals surface area contributed by atoms with E-state index in [4.69, 9.17) is 21.1 Å². The predicted octanol–water partition coefficient (Wildman–Crippen LogP) is 5.34. The Morgan fingerprint density at radius 1 is 0.905 bits per heavy atom. The van der Waals surface area contributed by atoms with Gasteiger partial charge in [-0.3, -0.25) is 0 Å². The average molecular weight is 303 g/mol. The molecule has 0 amide bonds. The zero-order valence-electron chi connectivity index (χ0n) is 12.1. The molecule has 2 aromatic rings. The molecule has 0 spiro atoms. The van der Waals surface area contributed by atoms with Gasteiger partial charge in [-0.2, -0.15) is 0 Å². The first kappa shape index (κ1) is 14.3. The molecule has 1 aliphatic carbocycles. The number of methoxy groups -OCH3 is 1. The summed E-state index contributed by atoms with van der Waals surface area (Å²) in [4.78, 5) is 0. The Kier molecular flexibility index (Phi) is 4.35. The molecule has 1 aliphatic rings. The maximum atomic E-state index is 6.13. The van der Waals surface area contributed by atoms with Crippen LogP contribution in [0, 0.1) is 0 Å². The van der Waals surface area contributed by atoms with Crippen LogP contribution in [0.25, 0.3) is 11.1 Å². The van der Waals surface area contributed by atoms with Crippen LogP contribution in [0.3, 0.4) is 0 Å². The molecule has 0 heterocycles. The quantitative estimate of drug-likeness (QED) is 0.759. The van der Waals surface area contributed by atoms with Gasteiger partial charge >= 0.3 is 0 Å². The monoisotopic (exact) mass is 302 g/mol. The van der Waals surface area contributed by atoms with Crippen molar-refractivity contribution in [3.63, 3.8) is 0 Å². The van der Waals surface area contributed by atoms with E-state index >= 15 is 0 Å². The zero-order chi connectivity index (χ0) is 14.7. The fourth-order valence-corrected chi connectivity index (χ4v) is 2.90. The van der Waals surface area contributed by atoms with E-state index in [-0.39, 0.29) is 0 Å². The number of benzene rings is 2. The Bertz CT molecular complexity index is 601. The molecular formula is C18H19ClO2. The lowest BCUT2D eigenvalue weighted by atomic mass is 10.1. The lowest BCUT2D eigenvalue weighted by Crippen LogP contribution is -2.11. The largest absolute Gasteiger partial charge is 0.493 e. The zero-order valence-corrected chi connectivity index (χ0v) is 12.9. The van der Waals surface area contributed by atoms with Crippen LogP contribution in [-0.4, -0.2) is 13.2 Å². The molecule has 0 saturated heterocycles. The van der Waals surface area contributed by atoms with Crippen molar-refractivity contribution in [1.82, 2.24) is 0 Å². The lowest BCUT2D eigenvalue weighted by molar-refractivity contribution is 0.201. The van der Waals surface area contributed by atoms with Gasteiger partial charge in [0.2, 0.25) is 0 Å². The topological polar surface area (TPSA) is 18.5 Å². The van der Waals surface area contributed by atoms with E-state index in [1.807, 2.05) is 36.4 Å². The molecule has 0 N–H and O–H groups in total. The molecule has 1 fully saturated rings. The second-order valence-corrected chi connectivity index (χ2v) is 5.83. The fourth-order valence-electron chi connectivity index (χ4n) is 2.78. The minimum absolute atomic E-state index is 0.319. The van der Waals surface area contributed by atoms with Crippen LogP contribution in [0.1, 0.15) is 25.7 Å². The standard InChI is InChI=1S/C18H19ClO2/c1-20-17-11-8-14(13-6-9-15(19)10-7-13)12-18(17)21-16-4-2-3-5-16/h6-12,16H,2-5H2,1H3. The van der Waals surface area contributed by atoms with Crippen molar-refractivity contribution >= 4 is 11.6 Å². The molecule has 2 nitrogen and oxygen atoms in total. The van der Waals surface area contributed by atoms with Gasteiger partial charge in [-0.05, 0) is 61.1 Å². The number of rotatable bonds is 4. The van der Waals surface area contributed by atoms with Gasteiger partial charge in [0.15, 0.2) is 11.5 Å². The van der Waals surface area contributed by atoms with E-state index in [1.165, 1.54) is 12.8 Å². The van der Waals surface area contributed by atoms with Crippen molar-refractivity contribution in [2.24, 2.45) is 0 Å². The Labute approximate surface area is 130 Å². The highest BCUT2D eigenvalue weighted by atomic mass is 35.5. The average Bonchev–Trinajstić information content (AvgIpc) is 3.01. The molecule has 110 valence electrons. The number of hydrogen-bond donors (Lipinski definition) is 0. The van der Waals surface area contributed by atoms with E-state index in [1.54, 1.807) is 7.11 Å². The van der Waals surface area contributed by atoms with Crippen molar-refractivity contribution in [2.45, 2.75) is 31.8 Å². The molecule has 2 aromatic carbocycles. The highest BCUT2D eigenvalue weighted by Crippen LogP contribution is 2.35. The molecule has 3 heteroatoms. The highest BCUT2D eigenvalue weighted by Gasteiger charge is 2.18. The van der Waals surface area contributed by atoms with Gasteiger partial charge in [0, 0.05) is 5.02 Å². The summed E-state index contributed by atoms with van der Waals surface area (Å²) in [7, 11) is 1.68. The first-order valence-corrected chi connectivity index (χ1v) is 7.75. The molecule has 21 heavy (non-hydrogen) atoms. The third-order valence-electron chi connectivity index (χ3n) is 3.94. The number of hydrogen-bond acceptors (Lipinski definition) is 2. The van der Waals surface area contributed by atoms with Crippen molar-refractivity contribution in [3.05, 3.63) is 47.5 Å². The summed E-state index contributed by atoms with van der Waals surface area (Å²) in [5, 5.41) is 0.745. The van der Waals surface area contributed by atoms with E-state index in [2.05, 4.69) is 6.07 Å². The summed E-state index contributed by atoms with van der Waals surface area (Å²) >= 11 is 5.95. The normalized spacial score (nSPS) is 15.1. The highest BCUT2D eigenvalue weighted by molar-refractivity contribution is 6.30. The summed E-state index contributed by atoms with van der Waals surface area (Å²) in [5.41, 5.74) is 2.23. The van der Waals surface area contributed by atoms with Crippen molar-refractivity contribution in [2.75, 3.05) is 7.11 Å². The summed E-state index contributed by atoms with van der Waals surface area (Å²) in [6, 6.07) is 13.9. The SMILES string of the molecule is COc1ccc(-c2ccc(Cl)cc2)cc1OC1CCCC1. The molecule has 0 bridgehead atoms. The first-order valence-electron chi connectivity index (χ1n) is 7.37. The van der Waals surface area contributed by atoms with Gasteiger partial charge in [-0.1, -0.05) is 29.8 Å². The molecule has 0 aliphatic heterocycles. The lowest BCUT2D eigenvalue weighted by Gasteiger charge is -2.17. The minimum atomic E-state index is 0.319. The summed E-state index contributed by atoms with van der Waals surface area (Å²) in [5.74, 6) is 1.62. The van der Waals surface area contributed by atoms with Crippen LogP contribution in [-0.2, 0) is 0 Å². The molecule has 0 radical (unpaired) electrons. The third-order valence-corrected chi connectivity index (χ3v) is 4.19. The van der Waals surface area contributed by atoms with Gasteiger partial charge in [0.05, 0.1) is 13.2 Å². The van der Waals surface area contributed by atoms with E-state index in [0.717, 1.165) is 40.5 Å². The molecule has 0 unspecified atom stereocenters. The summed E-state index contributed by atoms with van der Waals surface area (Å²) in [6.45, 7) is 0. The van der Waals surface area contributed by atoms with Gasteiger partial charge in [0.1, 0.15) is 0 Å². The van der Waals surface area contributed by atoms with Crippen LogP contribution in [0.2, 0.25) is 5.02 Å². The van der Waals surface area contributed by atoms with Crippen LogP contribution in [0.4, 0.5) is 0 Å². The van der Waals surface area contributed by atoms with Gasteiger partial charge in [0.25, 0.3) is 0 Å². The van der Waals surface area contributed by atoms with Crippen LogP contribution in [0.5, 0.6) is 11.5 Å². The molecule has 0 atom stereocenters. The second kappa shape index (κ2) is 6.40. The Balaban J connectivity index is 1.89. The predicted molar refractivity (Wildman–Crippen MR) is 86.3 cm³/mol. The first-order chi connectivity index (χ1) is 10.3. The third kappa shape index (κ3) is 3.33. The van der Waals surface area contributed by atoms with Gasteiger partial charge < -0.3 is 9.47 Å². The molecular weight excluding hydrogens is 284 g/mol. The van der Waals surface area contributed by atoms with E-state index in [9.17, 15) is 0 Å². The van der Waals surface area contributed by atoms with Crippen LogP contribution < -0.4 is 9.47 Å². The molecule has 1 saturated carbocycles. The van der Waals surface area contributed by atoms with Crippen LogP contribution in [0.15, 0.2) is 42.5 Å². The summed E-state index contributed by atoms with van der Waals surface area (Å²) in [6.07, 6.45) is 5.09. The smallest absolute Gasteiger partial charge is 0.162 e. The Hall–Kier alpha value is -1.67. The number of halogens is 1. The Morgan fingerprint density at radius 3 is 2.24 bits per heavy atom. The van der Waals surface area contributed by atoms with E-state index in [0.29, 0.717) is 6.10 Å². The summed E-state index contributed by atoms with van der Waals surface area (Å²) < 4.78 is 11.6. The van der Waals surface area contributed by atoms with Crippen LogP contribution >= 0.6 is 11.6 Å². The van der Waals surface area contributed by atoms with Crippen molar-refractivity contribution in [3.8, 4) is 22.6 Å². The second-order valence-electron chi connectivity index (χ2n) is 5.40. The fraction of sp³-hybridized carbons (Fsp3) is 0.333. The van der Waals surface area contributed by atoms with Gasteiger partial charge in [-0.15, -0.1) is 0 Å². The van der Waals surface area contributed by atoms with E-state index < -0.39 is 0 Å². The van der Waals surface area contributed by atoms with Crippen molar-refractivity contribution < 1.29 is 9.47 Å². The maximum absolute atomic E-state index is 6.13. The maximum Gasteiger partial charge on any atom is 0.162 e. The Morgan fingerprint density at radius 2 is 1.57 bits per heavy atom. The van der Waals surface area contributed by atoms with Crippen molar-refractivity contribution in [1.29, 1.82) is 0 Å².